The SMILES string of the molecule is CCCCCC(C)NC(=NCC1(O)CCC1)NCC.I. The molecule has 0 heterocycles. The first-order valence-corrected chi connectivity index (χ1v) is 7.87. The molecule has 20 heavy (non-hydrogen) atoms. The molecule has 0 radical (unpaired) electrons. The van der Waals surface area contributed by atoms with Crippen LogP contribution >= 0.6 is 24.0 Å². The van der Waals surface area contributed by atoms with Crippen LogP contribution in [0.4, 0.5) is 0 Å². The molecule has 1 rings (SSSR count). The number of halogens is 1. The van der Waals surface area contributed by atoms with Gasteiger partial charge in [-0.1, -0.05) is 26.2 Å². The summed E-state index contributed by atoms with van der Waals surface area (Å²) in [4.78, 5) is 4.52. The molecule has 0 bridgehead atoms. The second kappa shape index (κ2) is 10.7. The molecule has 0 aromatic heterocycles. The van der Waals surface area contributed by atoms with Gasteiger partial charge in [-0.15, -0.1) is 24.0 Å². The maximum absolute atomic E-state index is 10.1. The molecule has 4 nitrogen and oxygen atoms in total. The van der Waals surface area contributed by atoms with Gasteiger partial charge >= 0.3 is 0 Å². The summed E-state index contributed by atoms with van der Waals surface area (Å²) in [6.45, 7) is 7.86. The van der Waals surface area contributed by atoms with Crippen molar-refractivity contribution in [3.8, 4) is 0 Å². The Hall–Kier alpha value is -0.0400. The van der Waals surface area contributed by atoms with Gasteiger partial charge in [-0.25, -0.2) is 0 Å². The van der Waals surface area contributed by atoms with Crippen molar-refractivity contribution in [3.05, 3.63) is 0 Å². The predicted molar refractivity (Wildman–Crippen MR) is 96.9 cm³/mol. The van der Waals surface area contributed by atoms with Crippen LogP contribution in [0.1, 0.15) is 65.7 Å². The molecule has 3 N–H and O–H groups in total. The summed E-state index contributed by atoms with van der Waals surface area (Å²) < 4.78 is 0. The molecular weight excluding hydrogens is 365 g/mol. The second-order valence-electron chi connectivity index (χ2n) is 5.81. The van der Waals surface area contributed by atoms with Crippen molar-refractivity contribution in [2.45, 2.75) is 77.4 Å². The van der Waals surface area contributed by atoms with Crippen LogP contribution in [0.15, 0.2) is 4.99 Å². The monoisotopic (exact) mass is 397 g/mol. The lowest BCUT2D eigenvalue weighted by Gasteiger charge is -2.35. The fraction of sp³-hybridized carbons (Fsp3) is 0.933. The molecule has 1 aliphatic carbocycles. The quantitative estimate of drug-likeness (QED) is 0.255. The van der Waals surface area contributed by atoms with Gasteiger partial charge in [0.1, 0.15) is 0 Å². The van der Waals surface area contributed by atoms with Crippen LogP contribution in [-0.4, -0.2) is 35.8 Å². The van der Waals surface area contributed by atoms with Crippen molar-refractivity contribution < 1.29 is 5.11 Å². The fourth-order valence-electron chi connectivity index (χ4n) is 2.30. The molecule has 1 saturated carbocycles. The number of aliphatic imine (C=N–C) groups is 1. The highest BCUT2D eigenvalue weighted by molar-refractivity contribution is 14.0. The van der Waals surface area contributed by atoms with Crippen LogP contribution in [0.25, 0.3) is 0 Å². The van der Waals surface area contributed by atoms with Crippen LogP contribution < -0.4 is 10.6 Å². The van der Waals surface area contributed by atoms with Crippen molar-refractivity contribution in [1.29, 1.82) is 0 Å². The standard InChI is InChI=1S/C15H31N3O.HI/c1-4-6-7-9-13(3)18-14(16-5-2)17-12-15(19)10-8-11-15;/h13,19H,4-12H2,1-3H3,(H2,16,17,18);1H. The molecule has 1 atom stereocenters. The summed E-state index contributed by atoms with van der Waals surface area (Å²) in [5, 5.41) is 16.7. The van der Waals surface area contributed by atoms with Gasteiger partial charge in [-0.2, -0.15) is 0 Å². The molecule has 0 aromatic carbocycles. The highest BCUT2D eigenvalue weighted by atomic mass is 127. The second-order valence-corrected chi connectivity index (χ2v) is 5.81. The molecule has 5 heteroatoms. The van der Waals surface area contributed by atoms with E-state index in [1.165, 1.54) is 25.7 Å². The Kier molecular flexibility index (Phi) is 10.6. The van der Waals surface area contributed by atoms with Gasteiger partial charge in [0.2, 0.25) is 0 Å². The minimum atomic E-state index is -0.534. The van der Waals surface area contributed by atoms with Gasteiger partial charge in [-0.05, 0) is 39.5 Å². The summed E-state index contributed by atoms with van der Waals surface area (Å²) >= 11 is 0. The molecule has 0 aliphatic heterocycles. The molecule has 0 amide bonds. The Morgan fingerprint density at radius 2 is 2.00 bits per heavy atom. The van der Waals surface area contributed by atoms with Crippen LogP contribution in [0.5, 0.6) is 0 Å². The minimum absolute atomic E-state index is 0. The van der Waals surface area contributed by atoms with Gasteiger partial charge in [0.15, 0.2) is 5.96 Å². The zero-order chi connectivity index (χ0) is 14.1. The maximum Gasteiger partial charge on any atom is 0.191 e. The van der Waals surface area contributed by atoms with E-state index >= 15 is 0 Å². The molecule has 0 saturated heterocycles. The van der Waals surface area contributed by atoms with Gasteiger partial charge in [-0.3, -0.25) is 4.99 Å². The molecule has 1 fully saturated rings. The van der Waals surface area contributed by atoms with Gasteiger partial charge in [0, 0.05) is 12.6 Å². The topological polar surface area (TPSA) is 56.7 Å². The number of nitrogens with zero attached hydrogens (tertiary/aromatic N) is 1. The van der Waals surface area contributed by atoms with Crippen LogP contribution in [0.2, 0.25) is 0 Å². The smallest absolute Gasteiger partial charge is 0.191 e. The number of rotatable bonds is 8. The Balaban J connectivity index is 0.00000361. The first-order chi connectivity index (χ1) is 9.09. The highest BCUT2D eigenvalue weighted by Crippen LogP contribution is 2.31. The third-order valence-corrected chi connectivity index (χ3v) is 3.78. The predicted octanol–water partition coefficient (Wildman–Crippen LogP) is 3.04. The summed E-state index contributed by atoms with van der Waals surface area (Å²) in [5.74, 6) is 0.840. The summed E-state index contributed by atoms with van der Waals surface area (Å²) in [6, 6.07) is 0.431. The van der Waals surface area contributed by atoms with Crippen molar-refractivity contribution >= 4 is 29.9 Å². The van der Waals surface area contributed by atoms with E-state index in [2.05, 4.69) is 36.4 Å². The van der Waals surface area contributed by atoms with Crippen LogP contribution in [-0.2, 0) is 0 Å². The van der Waals surface area contributed by atoms with Crippen molar-refractivity contribution in [2.75, 3.05) is 13.1 Å². The first kappa shape index (κ1) is 20.0. The maximum atomic E-state index is 10.1. The Morgan fingerprint density at radius 3 is 2.50 bits per heavy atom. The third kappa shape index (κ3) is 7.67. The summed E-state index contributed by atoms with van der Waals surface area (Å²) in [5.41, 5.74) is -0.534. The number of unbranched alkanes of at least 4 members (excludes halogenated alkanes) is 2. The van der Waals surface area contributed by atoms with Crippen LogP contribution in [0, 0.1) is 0 Å². The van der Waals surface area contributed by atoms with Crippen molar-refractivity contribution in [1.82, 2.24) is 10.6 Å². The average molecular weight is 397 g/mol. The Morgan fingerprint density at radius 1 is 1.30 bits per heavy atom. The third-order valence-electron chi connectivity index (χ3n) is 3.78. The van der Waals surface area contributed by atoms with Crippen molar-refractivity contribution in [2.24, 2.45) is 4.99 Å². The summed E-state index contributed by atoms with van der Waals surface area (Å²) in [7, 11) is 0. The van der Waals surface area contributed by atoms with Crippen molar-refractivity contribution in [3.63, 3.8) is 0 Å². The Bertz CT molecular complexity index is 280. The molecule has 120 valence electrons. The van der Waals surface area contributed by atoms with E-state index in [4.69, 9.17) is 0 Å². The average Bonchev–Trinajstić information content (AvgIpc) is 2.34. The van der Waals surface area contributed by atoms with E-state index in [0.717, 1.165) is 31.8 Å². The van der Waals surface area contributed by atoms with Crippen LogP contribution in [0.3, 0.4) is 0 Å². The van der Waals surface area contributed by atoms with Gasteiger partial charge in [0.25, 0.3) is 0 Å². The molecule has 1 aliphatic rings. The molecule has 0 aromatic rings. The zero-order valence-corrected chi connectivity index (χ0v) is 15.6. The molecular formula is C15H32IN3O. The number of nitrogens with one attached hydrogen (secondary N) is 2. The van der Waals surface area contributed by atoms with Gasteiger partial charge in [0.05, 0.1) is 12.1 Å². The van der Waals surface area contributed by atoms with E-state index in [-0.39, 0.29) is 24.0 Å². The lowest BCUT2D eigenvalue weighted by atomic mass is 9.80. The Labute approximate surface area is 141 Å². The fourth-order valence-corrected chi connectivity index (χ4v) is 2.30. The lowest BCUT2D eigenvalue weighted by Crippen LogP contribution is -2.45. The largest absolute Gasteiger partial charge is 0.388 e. The number of hydrogen-bond donors (Lipinski definition) is 3. The number of hydrogen-bond acceptors (Lipinski definition) is 2. The van der Waals surface area contributed by atoms with E-state index in [1.807, 2.05) is 0 Å². The summed E-state index contributed by atoms with van der Waals surface area (Å²) in [6.07, 6.45) is 7.89. The van der Waals surface area contributed by atoms with E-state index in [1.54, 1.807) is 0 Å². The lowest BCUT2D eigenvalue weighted by molar-refractivity contribution is -0.0236. The minimum Gasteiger partial charge on any atom is -0.388 e. The molecule has 1 unspecified atom stereocenters. The van der Waals surface area contributed by atoms with E-state index in [0.29, 0.717) is 12.6 Å². The molecule has 0 spiro atoms. The van der Waals surface area contributed by atoms with E-state index in [9.17, 15) is 5.11 Å². The number of guanidine groups is 1. The highest BCUT2D eigenvalue weighted by Gasteiger charge is 2.34. The first-order valence-electron chi connectivity index (χ1n) is 7.87. The van der Waals surface area contributed by atoms with E-state index < -0.39 is 5.60 Å². The zero-order valence-electron chi connectivity index (χ0n) is 13.2. The normalized spacial score (nSPS) is 18.7. The van der Waals surface area contributed by atoms with Gasteiger partial charge < -0.3 is 15.7 Å². The number of aliphatic hydroxyl groups is 1.